The minimum absolute atomic E-state index is 0.188. The van der Waals surface area contributed by atoms with Crippen LogP contribution in [0.4, 0.5) is 10.1 Å². The molecule has 0 N–H and O–H groups in total. The van der Waals surface area contributed by atoms with Gasteiger partial charge in [-0.2, -0.15) is 0 Å². The zero-order valence-corrected chi connectivity index (χ0v) is 13.7. The highest BCUT2D eigenvalue weighted by molar-refractivity contribution is 9.10. The summed E-state index contributed by atoms with van der Waals surface area (Å²) in [6.45, 7) is 0.659. The Morgan fingerprint density at radius 3 is 2.53 bits per heavy atom. The standard InChI is InChI=1S/C15H14Br2FN/c1-19(10-12-4-2-3-5-13(12)17)15-7-6-11(9-16)8-14(15)18/h2-8H,9-10H2,1H3. The van der Waals surface area contributed by atoms with E-state index in [1.807, 2.05) is 48.3 Å². The van der Waals surface area contributed by atoms with Crippen molar-refractivity contribution in [1.82, 2.24) is 0 Å². The smallest absolute Gasteiger partial charge is 0.146 e. The number of hydrogen-bond acceptors (Lipinski definition) is 1. The monoisotopic (exact) mass is 385 g/mol. The van der Waals surface area contributed by atoms with Crippen LogP contribution in [0.25, 0.3) is 0 Å². The Hall–Kier alpha value is -0.870. The first-order valence-electron chi connectivity index (χ1n) is 5.90. The summed E-state index contributed by atoms with van der Waals surface area (Å²) in [5.41, 5.74) is 2.69. The SMILES string of the molecule is CN(Cc1ccccc1Br)c1ccc(CBr)cc1F. The quantitative estimate of drug-likeness (QED) is 0.659. The molecular formula is C15H14Br2FN. The van der Waals surface area contributed by atoms with E-state index in [4.69, 9.17) is 0 Å². The van der Waals surface area contributed by atoms with Gasteiger partial charge in [0.15, 0.2) is 0 Å². The van der Waals surface area contributed by atoms with Crippen LogP contribution in [0.2, 0.25) is 0 Å². The molecule has 0 fully saturated rings. The number of halogens is 3. The Bertz CT molecular complexity index is 572. The van der Waals surface area contributed by atoms with E-state index in [1.165, 1.54) is 0 Å². The summed E-state index contributed by atoms with van der Waals surface area (Å²) in [5.74, 6) is -0.188. The van der Waals surface area contributed by atoms with Gasteiger partial charge in [-0.1, -0.05) is 56.1 Å². The molecule has 0 amide bonds. The molecule has 0 saturated heterocycles. The van der Waals surface area contributed by atoms with E-state index in [2.05, 4.69) is 31.9 Å². The molecule has 0 aliphatic rings. The Kier molecular flexibility index (Phi) is 4.99. The first-order chi connectivity index (χ1) is 9.11. The molecule has 1 nitrogen and oxygen atoms in total. The average molecular weight is 387 g/mol. The minimum atomic E-state index is -0.188. The lowest BCUT2D eigenvalue weighted by molar-refractivity contribution is 0.621. The van der Waals surface area contributed by atoms with Crippen molar-refractivity contribution in [3.05, 3.63) is 63.9 Å². The summed E-state index contributed by atoms with van der Waals surface area (Å²) in [6.07, 6.45) is 0. The molecule has 0 unspecified atom stereocenters. The van der Waals surface area contributed by atoms with Gasteiger partial charge in [-0.15, -0.1) is 0 Å². The van der Waals surface area contributed by atoms with Crippen LogP contribution in [0.3, 0.4) is 0 Å². The van der Waals surface area contributed by atoms with Gasteiger partial charge >= 0.3 is 0 Å². The van der Waals surface area contributed by atoms with Crippen LogP contribution < -0.4 is 4.90 Å². The van der Waals surface area contributed by atoms with Crippen LogP contribution in [0, 0.1) is 5.82 Å². The lowest BCUT2D eigenvalue weighted by atomic mass is 10.1. The van der Waals surface area contributed by atoms with Crippen LogP contribution in [0.5, 0.6) is 0 Å². The summed E-state index contributed by atoms with van der Waals surface area (Å²) >= 11 is 6.84. The number of anilines is 1. The van der Waals surface area contributed by atoms with Crippen molar-refractivity contribution in [2.75, 3.05) is 11.9 Å². The van der Waals surface area contributed by atoms with Crippen LogP contribution in [-0.4, -0.2) is 7.05 Å². The lowest BCUT2D eigenvalue weighted by Crippen LogP contribution is -2.18. The summed E-state index contributed by atoms with van der Waals surface area (Å²) in [7, 11) is 1.89. The molecule has 0 spiro atoms. The molecule has 0 aliphatic carbocycles. The zero-order chi connectivity index (χ0) is 13.8. The first-order valence-corrected chi connectivity index (χ1v) is 7.82. The van der Waals surface area contributed by atoms with Crippen LogP contribution in [0.1, 0.15) is 11.1 Å². The average Bonchev–Trinajstić information content (AvgIpc) is 2.41. The Balaban J connectivity index is 2.21. The van der Waals surface area contributed by atoms with Crippen molar-refractivity contribution < 1.29 is 4.39 Å². The van der Waals surface area contributed by atoms with Gasteiger partial charge < -0.3 is 4.90 Å². The van der Waals surface area contributed by atoms with Gasteiger partial charge in [0, 0.05) is 23.4 Å². The van der Waals surface area contributed by atoms with Gasteiger partial charge in [-0.05, 0) is 29.3 Å². The fourth-order valence-electron chi connectivity index (χ4n) is 1.91. The van der Waals surface area contributed by atoms with Gasteiger partial charge in [0.2, 0.25) is 0 Å². The number of nitrogens with zero attached hydrogens (tertiary/aromatic N) is 1. The predicted molar refractivity (Wildman–Crippen MR) is 85.3 cm³/mol. The number of hydrogen-bond donors (Lipinski definition) is 0. The van der Waals surface area contributed by atoms with E-state index in [1.54, 1.807) is 6.07 Å². The van der Waals surface area contributed by atoms with E-state index >= 15 is 0 Å². The van der Waals surface area contributed by atoms with Gasteiger partial charge in [-0.25, -0.2) is 4.39 Å². The van der Waals surface area contributed by atoms with E-state index < -0.39 is 0 Å². The van der Waals surface area contributed by atoms with E-state index in [0.717, 1.165) is 15.6 Å². The van der Waals surface area contributed by atoms with Crippen LogP contribution >= 0.6 is 31.9 Å². The fraction of sp³-hybridized carbons (Fsp3) is 0.200. The summed E-state index contributed by atoms with van der Waals surface area (Å²) < 4.78 is 15.1. The van der Waals surface area contributed by atoms with Crippen molar-refractivity contribution in [2.45, 2.75) is 11.9 Å². The molecule has 2 aromatic carbocycles. The molecular weight excluding hydrogens is 373 g/mol. The Labute approximate surface area is 129 Å². The van der Waals surface area contributed by atoms with Crippen molar-refractivity contribution in [2.24, 2.45) is 0 Å². The Morgan fingerprint density at radius 1 is 1.16 bits per heavy atom. The third-order valence-electron chi connectivity index (χ3n) is 2.94. The number of alkyl halides is 1. The second-order valence-corrected chi connectivity index (χ2v) is 5.78. The highest BCUT2D eigenvalue weighted by Gasteiger charge is 2.10. The van der Waals surface area contributed by atoms with E-state index in [-0.39, 0.29) is 5.82 Å². The van der Waals surface area contributed by atoms with Crippen molar-refractivity contribution in [1.29, 1.82) is 0 Å². The van der Waals surface area contributed by atoms with Crippen molar-refractivity contribution in [3.8, 4) is 0 Å². The molecule has 0 radical (unpaired) electrons. The molecule has 100 valence electrons. The van der Waals surface area contributed by atoms with Crippen molar-refractivity contribution in [3.63, 3.8) is 0 Å². The summed E-state index contributed by atoms with van der Waals surface area (Å²) in [5, 5.41) is 0.665. The molecule has 0 aromatic heterocycles. The van der Waals surface area contributed by atoms with Crippen LogP contribution in [-0.2, 0) is 11.9 Å². The maximum atomic E-state index is 14.0. The molecule has 0 saturated carbocycles. The van der Waals surface area contributed by atoms with E-state index in [0.29, 0.717) is 17.6 Å². The topological polar surface area (TPSA) is 3.24 Å². The molecule has 0 heterocycles. The lowest BCUT2D eigenvalue weighted by Gasteiger charge is -2.21. The molecule has 2 rings (SSSR count). The second-order valence-electron chi connectivity index (χ2n) is 4.37. The van der Waals surface area contributed by atoms with Gasteiger partial charge in [-0.3, -0.25) is 0 Å². The van der Waals surface area contributed by atoms with Gasteiger partial charge in [0.1, 0.15) is 5.82 Å². The number of rotatable bonds is 4. The van der Waals surface area contributed by atoms with Gasteiger partial charge in [0.25, 0.3) is 0 Å². The third-order valence-corrected chi connectivity index (χ3v) is 4.36. The predicted octanol–water partition coefficient (Wildman–Crippen LogP) is 5.12. The molecule has 19 heavy (non-hydrogen) atoms. The highest BCUT2D eigenvalue weighted by atomic mass is 79.9. The van der Waals surface area contributed by atoms with Gasteiger partial charge in [0.05, 0.1) is 5.69 Å². The molecule has 4 heteroatoms. The zero-order valence-electron chi connectivity index (χ0n) is 10.5. The minimum Gasteiger partial charge on any atom is -0.368 e. The first kappa shape index (κ1) is 14.5. The summed E-state index contributed by atoms with van der Waals surface area (Å²) in [6, 6.07) is 13.3. The largest absolute Gasteiger partial charge is 0.368 e. The number of benzene rings is 2. The third kappa shape index (κ3) is 3.57. The second kappa shape index (κ2) is 6.53. The highest BCUT2D eigenvalue weighted by Crippen LogP contribution is 2.24. The maximum absolute atomic E-state index is 14.0. The van der Waals surface area contributed by atoms with E-state index in [9.17, 15) is 4.39 Å². The molecule has 0 aliphatic heterocycles. The molecule has 2 aromatic rings. The van der Waals surface area contributed by atoms with Crippen LogP contribution in [0.15, 0.2) is 46.9 Å². The Morgan fingerprint density at radius 2 is 1.89 bits per heavy atom. The molecule has 0 atom stereocenters. The molecule has 0 bridgehead atoms. The fourth-order valence-corrected chi connectivity index (χ4v) is 2.67. The maximum Gasteiger partial charge on any atom is 0.146 e. The summed E-state index contributed by atoms with van der Waals surface area (Å²) in [4.78, 5) is 1.91. The van der Waals surface area contributed by atoms with Crippen molar-refractivity contribution >= 4 is 37.5 Å². The normalized spacial score (nSPS) is 10.5.